The van der Waals surface area contributed by atoms with E-state index in [1.165, 1.54) is 0 Å². The summed E-state index contributed by atoms with van der Waals surface area (Å²) in [5.74, 6) is -0.728. The van der Waals surface area contributed by atoms with Crippen molar-refractivity contribution >= 4 is 5.65 Å². The van der Waals surface area contributed by atoms with Crippen LogP contribution in [0.2, 0.25) is 0 Å². The molecule has 0 atom stereocenters. The topological polar surface area (TPSA) is 97.9 Å². The minimum Gasteiger partial charge on any atom is -0.501 e. The second kappa shape index (κ2) is 5.92. The number of aromatic nitrogens is 2. The number of pyridine rings is 1. The van der Waals surface area contributed by atoms with Crippen molar-refractivity contribution < 1.29 is 24.8 Å². The fourth-order valence-corrected chi connectivity index (χ4v) is 2.05. The molecule has 2 aromatic rings. The van der Waals surface area contributed by atoms with Gasteiger partial charge < -0.3 is 20.4 Å². The Balaban J connectivity index is 2.69. The summed E-state index contributed by atoms with van der Waals surface area (Å²) in [6.45, 7) is -0.728. The highest BCUT2D eigenvalue weighted by atomic mass is 16.3. The average Bonchev–Trinajstić information content (AvgIpc) is 2.44. The van der Waals surface area contributed by atoms with E-state index in [0.717, 1.165) is 0 Å². The van der Waals surface area contributed by atoms with Crippen LogP contribution in [-0.2, 0) is 6.42 Å². The van der Waals surface area contributed by atoms with Gasteiger partial charge in [-0.15, -0.1) is 0 Å². The molecule has 2 heterocycles. The molecule has 19 heavy (non-hydrogen) atoms. The van der Waals surface area contributed by atoms with Crippen molar-refractivity contribution in [3.63, 3.8) is 0 Å². The molecule has 2 aromatic heterocycles. The molecule has 0 bridgehead atoms. The maximum Gasteiger partial charge on any atom is 0.328 e. The zero-order valence-electron chi connectivity index (χ0n) is 10.4. The van der Waals surface area contributed by atoms with Gasteiger partial charge in [0.15, 0.2) is 5.69 Å². The number of aliphatic hydroxyl groups excluding tert-OH is 3. The zero-order valence-corrected chi connectivity index (χ0v) is 10.4. The summed E-state index contributed by atoms with van der Waals surface area (Å²) < 4.78 is 1.68. The molecular formula is C13H17N2O4+. The van der Waals surface area contributed by atoms with Gasteiger partial charge in [-0.2, -0.15) is 4.40 Å². The molecule has 2 rings (SSSR count). The molecule has 4 N–H and O–H groups in total. The Labute approximate surface area is 110 Å². The molecule has 102 valence electrons. The number of aliphatic hydroxyl groups is 3. The van der Waals surface area contributed by atoms with Crippen LogP contribution in [-0.4, -0.2) is 45.2 Å². The number of fused-ring (bicyclic) bond motifs is 1. The summed E-state index contributed by atoms with van der Waals surface area (Å²) in [4.78, 5) is 4.27. The normalized spacial score (nSPS) is 11.4. The van der Waals surface area contributed by atoms with Gasteiger partial charge in [-0.25, -0.2) is 0 Å². The molecule has 0 fully saturated rings. The van der Waals surface area contributed by atoms with E-state index in [4.69, 9.17) is 5.11 Å². The zero-order chi connectivity index (χ0) is 13.8. The summed E-state index contributed by atoms with van der Waals surface area (Å²) in [6, 6.07) is 5.36. The van der Waals surface area contributed by atoms with E-state index in [9.17, 15) is 15.3 Å². The molecule has 0 spiro atoms. The van der Waals surface area contributed by atoms with Gasteiger partial charge in [0.25, 0.3) is 0 Å². The summed E-state index contributed by atoms with van der Waals surface area (Å²) in [5, 5.41) is 37.8. The first-order valence-electron chi connectivity index (χ1n) is 6.07. The molecule has 0 aliphatic carbocycles. The largest absolute Gasteiger partial charge is 0.501 e. The first-order valence-corrected chi connectivity index (χ1v) is 6.07. The number of aromatic hydroxyl groups is 1. The van der Waals surface area contributed by atoms with E-state index in [2.05, 4.69) is 4.98 Å². The van der Waals surface area contributed by atoms with Crippen molar-refractivity contribution in [2.24, 2.45) is 0 Å². The van der Waals surface area contributed by atoms with Crippen LogP contribution in [0.3, 0.4) is 0 Å². The van der Waals surface area contributed by atoms with Crippen LogP contribution in [0, 0.1) is 0 Å². The van der Waals surface area contributed by atoms with Gasteiger partial charge in [0.05, 0.1) is 31.9 Å². The molecule has 0 unspecified atom stereocenters. The van der Waals surface area contributed by atoms with Crippen molar-refractivity contribution in [3.05, 3.63) is 35.8 Å². The van der Waals surface area contributed by atoms with Crippen molar-refractivity contribution in [2.75, 3.05) is 19.8 Å². The lowest BCUT2D eigenvalue weighted by atomic mass is 10.0. The van der Waals surface area contributed by atoms with Gasteiger partial charge in [0.2, 0.25) is 11.4 Å². The third-order valence-corrected chi connectivity index (χ3v) is 3.06. The Hall–Kier alpha value is -1.76. The van der Waals surface area contributed by atoms with Crippen LogP contribution in [0.1, 0.15) is 17.3 Å². The fraction of sp³-hybridized carbons (Fsp3) is 0.385. The van der Waals surface area contributed by atoms with E-state index in [1.807, 2.05) is 0 Å². The highest BCUT2D eigenvalue weighted by Crippen LogP contribution is 2.26. The van der Waals surface area contributed by atoms with Crippen LogP contribution in [0.4, 0.5) is 0 Å². The average molecular weight is 265 g/mol. The van der Waals surface area contributed by atoms with Gasteiger partial charge in [-0.05, 0) is 11.1 Å². The molecule has 0 aromatic carbocycles. The van der Waals surface area contributed by atoms with Crippen molar-refractivity contribution in [1.82, 2.24) is 4.98 Å². The van der Waals surface area contributed by atoms with Crippen molar-refractivity contribution in [1.29, 1.82) is 0 Å². The minimum absolute atomic E-state index is 0.0918. The molecule has 6 nitrogen and oxygen atoms in total. The standard InChI is InChI=1S/C13H16N2O4/c16-6-4-10-13(19)12(9(7-17)8-18)14-11-3-1-2-5-15(10)11/h1-3,5,9,16-18H,4,6-8H2/p+1. The Kier molecular flexibility index (Phi) is 4.26. The number of hydrogen-bond donors (Lipinski definition) is 4. The maximum absolute atomic E-state index is 10.2. The number of hydrogen-bond acceptors (Lipinski definition) is 5. The summed E-state index contributed by atoms with van der Waals surface area (Å²) in [6.07, 6.45) is 2.00. The predicted octanol–water partition coefficient (Wildman–Crippen LogP) is -0.871. The molecule has 0 saturated heterocycles. The first-order chi connectivity index (χ1) is 9.22. The quantitative estimate of drug-likeness (QED) is 0.527. The van der Waals surface area contributed by atoms with Gasteiger partial charge in [-0.1, -0.05) is 6.07 Å². The van der Waals surface area contributed by atoms with E-state index < -0.39 is 5.92 Å². The Morgan fingerprint density at radius 1 is 1.16 bits per heavy atom. The third kappa shape index (κ3) is 2.51. The predicted molar refractivity (Wildman–Crippen MR) is 66.8 cm³/mol. The molecule has 0 amide bonds. The lowest BCUT2D eigenvalue weighted by Gasteiger charge is -2.11. The second-order valence-electron chi connectivity index (χ2n) is 4.26. The smallest absolute Gasteiger partial charge is 0.328 e. The van der Waals surface area contributed by atoms with Gasteiger partial charge in [0, 0.05) is 12.5 Å². The Bertz CT molecular complexity index is 570. The van der Waals surface area contributed by atoms with Gasteiger partial charge >= 0.3 is 5.65 Å². The van der Waals surface area contributed by atoms with E-state index in [0.29, 0.717) is 11.3 Å². The van der Waals surface area contributed by atoms with Crippen LogP contribution < -0.4 is 4.40 Å². The molecule has 0 aliphatic heterocycles. The third-order valence-electron chi connectivity index (χ3n) is 3.06. The van der Waals surface area contributed by atoms with E-state index in [-0.39, 0.29) is 37.7 Å². The Morgan fingerprint density at radius 3 is 2.53 bits per heavy atom. The summed E-state index contributed by atoms with van der Waals surface area (Å²) >= 11 is 0. The first kappa shape index (κ1) is 13.7. The molecule has 0 aliphatic rings. The van der Waals surface area contributed by atoms with Gasteiger partial charge in [0.1, 0.15) is 0 Å². The fourth-order valence-electron chi connectivity index (χ4n) is 2.05. The van der Waals surface area contributed by atoms with Crippen LogP contribution in [0.15, 0.2) is 24.4 Å². The number of nitrogens with zero attached hydrogens (tertiary/aromatic N) is 2. The lowest BCUT2D eigenvalue weighted by molar-refractivity contribution is -0.525. The maximum atomic E-state index is 10.2. The van der Waals surface area contributed by atoms with Crippen molar-refractivity contribution in [3.8, 4) is 5.75 Å². The van der Waals surface area contributed by atoms with Crippen LogP contribution >= 0.6 is 0 Å². The summed E-state index contributed by atoms with van der Waals surface area (Å²) in [5.41, 5.74) is 1.35. The SMILES string of the molecule is OCCc1c(O)c(C(CO)CO)nc2cccc[n+]12. The van der Waals surface area contributed by atoms with E-state index in [1.54, 1.807) is 28.8 Å². The monoisotopic (exact) mass is 265 g/mol. The van der Waals surface area contributed by atoms with Gasteiger partial charge in [-0.3, -0.25) is 0 Å². The van der Waals surface area contributed by atoms with Crippen LogP contribution in [0.25, 0.3) is 5.65 Å². The highest BCUT2D eigenvalue weighted by Gasteiger charge is 2.27. The minimum atomic E-state index is -0.636. The lowest BCUT2D eigenvalue weighted by Crippen LogP contribution is -2.31. The highest BCUT2D eigenvalue weighted by molar-refractivity contribution is 5.39. The van der Waals surface area contributed by atoms with E-state index >= 15 is 0 Å². The molecule has 0 saturated carbocycles. The molecule has 6 heteroatoms. The Morgan fingerprint density at radius 2 is 1.89 bits per heavy atom. The van der Waals surface area contributed by atoms with Crippen molar-refractivity contribution in [2.45, 2.75) is 12.3 Å². The van der Waals surface area contributed by atoms with Crippen LogP contribution in [0.5, 0.6) is 5.75 Å². The molecule has 0 radical (unpaired) electrons. The summed E-state index contributed by atoms with van der Waals surface area (Å²) in [7, 11) is 0. The molecular weight excluding hydrogens is 248 g/mol. The number of rotatable bonds is 5. The second-order valence-corrected chi connectivity index (χ2v) is 4.26.